The fourth-order valence-corrected chi connectivity index (χ4v) is 3.35. The molecular weight excluding hydrogens is 394 g/mol. The molecule has 0 radical (unpaired) electrons. The second-order valence-corrected chi connectivity index (χ2v) is 6.75. The van der Waals surface area contributed by atoms with E-state index in [1.807, 2.05) is 47.0 Å². The molecule has 0 spiro atoms. The number of carbonyl (C=O) groups is 1. The van der Waals surface area contributed by atoms with Crippen LogP contribution in [0.2, 0.25) is 0 Å². The minimum atomic E-state index is -0.312. The molecule has 0 saturated carbocycles. The number of hydrogen-bond donors (Lipinski definition) is 2. The first kappa shape index (κ1) is 20.2. The lowest BCUT2D eigenvalue weighted by Crippen LogP contribution is -2.30. The molecule has 0 aliphatic carbocycles. The molecule has 2 aromatic heterocycles. The number of pyridine rings is 1. The van der Waals surface area contributed by atoms with Crippen molar-refractivity contribution < 1.29 is 14.3 Å². The number of fused-ring (bicyclic) bond motifs is 1. The van der Waals surface area contributed by atoms with Crippen LogP contribution >= 0.6 is 0 Å². The van der Waals surface area contributed by atoms with Gasteiger partial charge < -0.3 is 20.1 Å². The van der Waals surface area contributed by atoms with E-state index in [4.69, 9.17) is 14.5 Å². The molecule has 4 aromatic rings. The number of benzene rings is 2. The number of anilines is 1. The molecule has 0 unspecified atom stereocenters. The van der Waals surface area contributed by atoms with Crippen LogP contribution in [0.3, 0.4) is 0 Å². The van der Waals surface area contributed by atoms with Gasteiger partial charge in [-0.3, -0.25) is 4.57 Å². The van der Waals surface area contributed by atoms with Gasteiger partial charge in [0.1, 0.15) is 11.3 Å². The van der Waals surface area contributed by atoms with Crippen molar-refractivity contribution in [3.8, 4) is 17.2 Å². The highest BCUT2D eigenvalue weighted by atomic mass is 16.5. The van der Waals surface area contributed by atoms with Gasteiger partial charge in [0, 0.05) is 36.6 Å². The van der Waals surface area contributed by atoms with Crippen LogP contribution in [-0.2, 0) is 6.42 Å². The lowest BCUT2D eigenvalue weighted by molar-refractivity contribution is 0.252. The number of nitrogens with one attached hydrogen (secondary N) is 2. The van der Waals surface area contributed by atoms with Crippen molar-refractivity contribution in [1.29, 1.82) is 0 Å². The van der Waals surface area contributed by atoms with Crippen molar-refractivity contribution in [1.82, 2.24) is 19.9 Å². The summed E-state index contributed by atoms with van der Waals surface area (Å²) in [6.45, 7) is 0.412. The third kappa shape index (κ3) is 4.42. The zero-order valence-electron chi connectivity index (χ0n) is 17.3. The maximum absolute atomic E-state index is 12.3. The summed E-state index contributed by atoms with van der Waals surface area (Å²) in [6.07, 6.45) is 2.30. The molecule has 31 heavy (non-hydrogen) atoms. The fourth-order valence-electron chi connectivity index (χ4n) is 3.35. The summed E-state index contributed by atoms with van der Waals surface area (Å²) in [4.78, 5) is 21.5. The molecular formula is C23H23N5O3. The van der Waals surface area contributed by atoms with Gasteiger partial charge in [-0.25, -0.2) is 14.8 Å². The molecule has 2 amide bonds. The predicted octanol–water partition coefficient (Wildman–Crippen LogP) is 3.80. The predicted molar refractivity (Wildman–Crippen MR) is 119 cm³/mol. The van der Waals surface area contributed by atoms with Crippen LogP contribution in [0.4, 0.5) is 10.5 Å². The van der Waals surface area contributed by atoms with E-state index in [9.17, 15) is 4.79 Å². The van der Waals surface area contributed by atoms with Gasteiger partial charge in [0.2, 0.25) is 0 Å². The SMILES string of the molecule is COc1ccc(NC(=O)NCCc2nc3cccnc3n2-c2ccccc2)cc1OC. The zero-order chi connectivity index (χ0) is 21.6. The van der Waals surface area contributed by atoms with Crippen molar-refractivity contribution >= 4 is 22.9 Å². The van der Waals surface area contributed by atoms with Crippen LogP contribution in [0.1, 0.15) is 5.82 Å². The van der Waals surface area contributed by atoms with E-state index in [-0.39, 0.29) is 6.03 Å². The molecule has 0 atom stereocenters. The van der Waals surface area contributed by atoms with Crippen molar-refractivity contribution in [2.75, 3.05) is 26.1 Å². The minimum Gasteiger partial charge on any atom is -0.493 e. The molecule has 0 aliphatic heterocycles. The smallest absolute Gasteiger partial charge is 0.319 e. The lowest BCUT2D eigenvalue weighted by atomic mass is 10.2. The van der Waals surface area contributed by atoms with Crippen molar-refractivity contribution in [2.45, 2.75) is 6.42 Å². The van der Waals surface area contributed by atoms with Gasteiger partial charge in [-0.2, -0.15) is 0 Å². The number of rotatable bonds is 7. The summed E-state index contributed by atoms with van der Waals surface area (Å²) in [5, 5.41) is 5.67. The van der Waals surface area contributed by atoms with E-state index in [1.165, 1.54) is 0 Å². The highest BCUT2D eigenvalue weighted by molar-refractivity contribution is 5.89. The Morgan fingerprint density at radius 1 is 1.00 bits per heavy atom. The molecule has 2 heterocycles. The molecule has 8 heteroatoms. The number of urea groups is 1. The Morgan fingerprint density at radius 3 is 2.58 bits per heavy atom. The molecule has 0 saturated heterocycles. The van der Waals surface area contributed by atoms with Crippen LogP contribution in [0.15, 0.2) is 66.9 Å². The first-order valence-corrected chi connectivity index (χ1v) is 9.84. The minimum absolute atomic E-state index is 0.312. The summed E-state index contributed by atoms with van der Waals surface area (Å²) in [5.74, 6) is 1.97. The van der Waals surface area contributed by atoms with Gasteiger partial charge in [0.15, 0.2) is 17.1 Å². The average Bonchev–Trinajstić information content (AvgIpc) is 3.17. The summed E-state index contributed by atoms with van der Waals surface area (Å²) in [6, 6.07) is 18.6. The zero-order valence-corrected chi connectivity index (χ0v) is 17.3. The third-order valence-electron chi connectivity index (χ3n) is 4.78. The summed E-state index contributed by atoms with van der Waals surface area (Å²) < 4.78 is 12.5. The van der Waals surface area contributed by atoms with E-state index in [1.54, 1.807) is 38.6 Å². The summed E-state index contributed by atoms with van der Waals surface area (Å²) in [7, 11) is 3.12. The van der Waals surface area contributed by atoms with E-state index < -0.39 is 0 Å². The number of aromatic nitrogens is 3. The summed E-state index contributed by atoms with van der Waals surface area (Å²) >= 11 is 0. The van der Waals surface area contributed by atoms with Gasteiger partial charge >= 0.3 is 6.03 Å². The molecule has 4 rings (SSSR count). The lowest BCUT2D eigenvalue weighted by Gasteiger charge is -2.12. The van der Waals surface area contributed by atoms with E-state index in [2.05, 4.69) is 15.6 Å². The monoisotopic (exact) mass is 417 g/mol. The number of nitrogens with zero attached hydrogens (tertiary/aromatic N) is 3. The maximum atomic E-state index is 12.3. The van der Waals surface area contributed by atoms with Crippen LogP contribution in [0.25, 0.3) is 16.9 Å². The van der Waals surface area contributed by atoms with Gasteiger partial charge in [0.05, 0.1) is 14.2 Å². The third-order valence-corrected chi connectivity index (χ3v) is 4.78. The van der Waals surface area contributed by atoms with Gasteiger partial charge in [0.25, 0.3) is 0 Å². The Labute approximate surface area is 179 Å². The Bertz CT molecular complexity index is 1190. The molecule has 0 bridgehead atoms. The Morgan fingerprint density at radius 2 is 1.81 bits per heavy atom. The topological polar surface area (TPSA) is 90.3 Å². The number of para-hydroxylation sites is 1. The average molecular weight is 417 g/mol. The number of amides is 2. The van der Waals surface area contributed by atoms with Crippen LogP contribution in [0.5, 0.6) is 11.5 Å². The Hall–Kier alpha value is -4.07. The second-order valence-electron chi connectivity index (χ2n) is 6.75. The van der Waals surface area contributed by atoms with E-state index in [0.717, 1.165) is 22.7 Å². The fraction of sp³-hybridized carbons (Fsp3) is 0.174. The highest BCUT2D eigenvalue weighted by Crippen LogP contribution is 2.29. The van der Waals surface area contributed by atoms with Crippen molar-refractivity contribution in [2.24, 2.45) is 0 Å². The Kier molecular flexibility index (Phi) is 5.98. The molecule has 158 valence electrons. The molecule has 0 aliphatic rings. The quantitative estimate of drug-likeness (QED) is 0.477. The first-order chi connectivity index (χ1) is 15.2. The van der Waals surface area contributed by atoms with E-state index >= 15 is 0 Å². The van der Waals surface area contributed by atoms with Gasteiger partial charge in [-0.1, -0.05) is 18.2 Å². The molecule has 0 fully saturated rings. The number of hydrogen-bond acceptors (Lipinski definition) is 5. The maximum Gasteiger partial charge on any atom is 0.319 e. The highest BCUT2D eigenvalue weighted by Gasteiger charge is 2.13. The van der Waals surface area contributed by atoms with Crippen molar-refractivity contribution in [3.05, 3.63) is 72.7 Å². The largest absolute Gasteiger partial charge is 0.493 e. The second kappa shape index (κ2) is 9.17. The van der Waals surface area contributed by atoms with Crippen molar-refractivity contribution in [3.63, 3.8) is 0 Å². The van der Waals surface area contributed by atoms with E-state index in [0.29, 0.717) is 30.2 Å². The molecule has 2 aromatic carbocycles. The van der Waals surface area contributed by atoms with Crippen LogP contribution in [-0.4, -0.2) is 41.3 Å². The van der Waals surface area contributed by atoms with Crippen LogP contribution in [0, 0.1) is 0 Å². The normalized spacial score (nSPS) is 10.6. The number of ether oxygens (including phenoxy) is 2. The van der Waals surface area contributed by atoms with Crippen LogP contribution < -0.4 is 20.1 Å². The number of imidazole rings is 1. The number of carbonyl (C=O) groups excluding carboxylic acids is 1. The summed E-state index contributed by atoms with van der Waals surface area (Å²) in [5.41, 5.74) is 3.19. The van der Waals surface area contributed by atoms with Gasteiger partial charge in [-0.05, 0) is 36.4 Å². The molecule has 8 nitrogen and oxygen atoms in total. The first-order valence-electron chi connectivity index (χ1n) is 9.84. The molecule has 2 N–H and O–H groups in total. The number of methoxy groups -OCH3 is 2. The van der Waals surface area contributed by atoms with Gasteiger partial charge in [-0.15, -0.1) is 0 Å². The standard InChI is InChI=1S/C23H23N5O3/c1-30-19-11-10-16(15-20(19)31-2)26-23(29)25-14-12-21-27-18-9-6-13-24-22(18)28(21)17-7-4-3-5-8-17/h3-11,13,15H,12,14H2,1-2H3,(H2,25,26,29). The Balaban J connectivity index is 1.45.